The van der Waals surface area contributed by atoms with Crippen molar-refractivity contribution in [2.75, 3.05) is 0 Å². The third kappa shape index (κ3) is 125. The SMILES string of the molecule is C=C[CH2-].[CH2-]CCC.[Li+].[Li+]. The van der Waals surface area contributed by atoms with Crippen molar-refractivity contribution in [3.63, 3.8) is 0 Å². The van der Waals surface area contributed by atoms with Gasteiger partial charge in [-0.25, -0.2) is 19.6 Å². The summed E-state index contributed by atoms with van der Waals surface area (Å²) in [5.41, 5.74) is 0. The minimum Gasteiger partial charge on any atom is -0.343 e. The number of hydrogen-bond donors (Lipinski definition) is 0. The fourth-order valence-corrected chi connectivity index (χ4v) is 0. The minimum atomic E-state index is 0. The van der Waals surface area contributed by atoms with E-state index in [1.165, 1.54) is 12.5 Å². The second kappa shape index (κ2) is 37.0. The van der Waals surface area contributed by atoms with Gasteiger partial charge in [0.05, 0.1) is 0 Å². The predicted molar refractivity (Wildman–Crippen MR) is 35.8 cm³/mol. The molecule has 0 fully saturated rings. The van der Waals surface area contributed by atoms with E-state index in [0.717, 1.165) is 6.42 Å². The van der Waals surface area contributed by atoms with E-state index in [-0.39, 0.29) is 37.7 Å². The molecule has 0 rings (SSSR count). The molecule has 0 amide bonds. The van der Waals surface area contributed by atoms with Crippen LogP contribution in [0.1, 0.15) is 19.8 Å². The van der Waals surface area contributed by atoms with E-state index in [1.54, 1.807) is 0 Å². The van der Waals surface area contributed by atoms with Gasteiger partial charge in [-0.15, -0.1) is 0 Å². The van der Waals surface area contributed by atoms with Gasteiger partial charge in [0.15, 0.2) is 0 Å². The van der Waals surface area contributed by atoms with Gasteiger partial charge in [0.2, 0.25) is 0 Å². The van der Waals surface area contributed by atoms with Crippen LogP contribution in [0.5, 0.6) is 0 Å². The molecule has 0 heterocycles. The number of unbranched alkanes of at least 4 members (excludes halogenated alkanes) is 1. The molecule has 0 radical (unpaired) electrons. The Morgan fingerprint density at radius 2 is 1.56 bits per heavy atom. The van der Waals surface area contributed by atoms with Gasteiger partial charge in [-0.2, -0.15) is 6.42 Å². The van der Waals surface area contributed by atoms with Crippen LogP contribution in [0.3, 0.4) is 0 Å². The summed E-state index contributed by atoms with van der Waals surface area (Å²) in [6, 6.07) is 0. The zero-order valence-corrected chi connectivity index (χ0v) is 7.11. The molecule has 0 aliphatic carbocycles. The Morgan fingerprint density at radius 1 is 1.44 bits per heavy atom. The molecule has 0 nitrogen and oxygen atoms in total. The van der Waals surface area contributed by atoms with Gasteiger partial charge >= 0.3 is 37.7 Å². The average molecular weight is 112 g/mol. The molecular weight excluding hydrogens is 98.0 g/mol. The quantitative estimate of drug-likeness (QED) is 0.245. The van der Waals surface area contributed by atoms with Crippen LogP contribution in [-0.4, -0.2) is 0 Å². The standard InChI is InChI=1S/C4H9.C3H5.2Li/c1-3-4-2;1-3-2;;/h1,3-4H2,2H3;3H,1-2H2;;/q2*-1;2*+1. The van der Waals surface area contributed by atoms with Crippen molar-refractivity contribution in [3.8, 4) is 0 Å². The van der Waals surface area contributed by atoms with Crippen molar-refractivity contribution < 1.29 is 37.7 Å². The maximum Gasteiger partial charge on any atom is 1.00 e. The van der Waals surface area contributed by atoms with Crippen LogP contribution in [0.15, 0.2) is 12.7 Å². The number of allylic oxidation sites excluding steroid dienone is 1. The van der Waals surface area contributed by atoms with Gasteiger partial charge in [0.1, 0.15) is 0 Å². The van der Waals surface area contributed by atoms with Crippen molar-refractivity contribution >= 4 is 0 Å². The van der Waals surface area contributed by atoms with E-state index in [2.05, 4.69) is 27.4 Å². The third-order valence-corrected chi connectivity index (χ3v) is 0.354. The molecule has 9 heavy (non-hydrogen) atoms. The van der Waals surface area contributed by atoms with Crippen LogP contribution < -0.4 is 37.7 Å². The predicted octanol–water partition coefficient (Wildman–Crippen LogP) is -3.36. The van der Waals surface area contributed by atoms with Gasteiger partial charge in [0, 0.05) is 0 Å². The fourth-order valence-electron chi connectivity index (χ4n) is 0. The molecule has 0 spiro atoms. The van der Waals surface area contributed by atoms with Crippen molar-refractivity contribution in [2.24, 2.45) is 0 Å². The largest absolute Gasteiger partial charge is 1.00 e. The van der Waals surface area contributed by atoms with Crippen molar-refractivity contribution in [1.82, 2.24) is 0 Å². The summed E-state index contributed by atoms with van der Waals surface area (Å²) in [4.78, 5) is 0. The van der Waals surface area contributed by atoms with E-state index in [9.17, 15) is 0 Å². The molecule has 0 aromatic heterocycles. The summed E-state index contributed by atoms with van der Waals surface area (Å²) in [5.74, 6) is 0. The summed E-state index contributed by atoms with van der Waals surface area (Å²) in [7, 11) is 0. The normalized spacial score (nSPS) is 4.67. The zero-order chi connectivity index (χ0) is 6.12. The Labute approximate surface area is 83.8 Å². The molecule has 0 bridgehead atoms. The topological polar surface area (TPSA) is 0 Å². The molecule has 0 atom stereocenters. The number of rotatable bonds is 1. The Kier molecular flexibility index (Phi) is 92.9. The Morgan fingerprint density at radius 3 is 1.56 bits per heavy atom. The van der Waals surface area contributed by atoms with Crippen LogP contribution in [0.2, 0.25) is 0 Å². The van der Waals surface area contributed by atoms with Gasteiger partial charge in [-0.05, 0) is 0 Å². The van der Waals surface area contributed by atoms with Crippen LogP contribution in [0, 0.1) is 13.8 Å². The van der Waals surface area contributed by atoms with Crippen LogP contribution in [0.4, 0.5) is 0 Å². The molecule has 0 saturated heterocycles. The fraction of sp³-hybridized carbons (Fsp3) is 0.429. The van der Waals surface area contributed by atoms with Gasteiger partial charge in [-0.3, -0.25) is 0 Å². The molecule has 0 unspecified atom stereocenters. The van der Waals surface area contributed by atoms with E-state index in [4.69, 9.17) is 0 Å². The van der Waals surface area contributed by atoms with Gasteiger partial charge < -0.3 is 6.92 Å². The zero-order valence-electron chi connectivity index (χ0n) is 7.11. The molecule has 2 heteroatoms. The molecule has 44 valence electrons. The molecule has 0 aliphatic heterocycles. The van der Waals surface area contributed by atoms with Crippen LogP contribution in [-0.2, 0) is 0 Å². The molecule has 0 saturated carbocycles. The maximum atomic E-state index is 3.60. The van der Waals surface area contributed by atoms with Crippen molar-refractivity contribution in [1.29, 1.82) is 0 Å². The second-order valence-electron chi connectivity index (χ2n) is 1.14. The van der Waals surface area contributed by atoms with Crippen LogP contribution in [0.25, 0.3) is 0 Å². The first kappa shape index (κ1) is 22.6. The maximum absolute atomic E-state index is 3.60. The van der Waals surface area contributed by atoms with Crippen molar-refractivity contribution in [2.45, 2.75) is 19.8 Å². The molecular formula is C7H14Li2. The Hall–Kier alpha value is 0.805. The second-order valence-corrected chi connectivity index (χ2v) is 1.14. The Bertz CT molecular complexity index is 26.1. The van der Waals surface area contributed by atoms with E-state index >= 15 is 0 Å². The summed E-state index contributed by atoms with van der Waals surface area (Å²) in [6.45, 7) is 12.2. The first-order valence-electron chi connectivity index (χ1n) is 2.52. The van der Waals surface area contributed by atoms with Crippen LogP contribution >= 0.6 is 0 Å². The Balaban J connectivity index is -0.0000000233. The minimum absolute atomic E-state index is 0. The molecule has 0 N–H and O–H groups in total. The first-order valence-corrected chi connectivity index (χ1v) is 2.52. The van der Waals surface area contributed by atoms with Crippen molar-refractivity contribution in [3.05, 3.63) is 26.5 Å². The molecule has 0 aliphatic rings. The average Bonchev–Trinajstić information content (AvgIpc) is 1.69. The summed E-state index contributed by atoms with van der Waals surface area (Å²) < 4.78 is 0. The van der Waals surface area contributed by atoms with Gasteiger partial charge in [-0.1, -0.05) is 13.3 Å². The smallest absolute Gasteiger partial charge is 0.343 e. The first-order chi connectivity index (χ1) is 3.33. The van der Waals surface area contributed by atoms with E-state index in [1.807, 2.05) is 0 Å². The monoisotopic (exact) mass is 112 g/mol. The summed E-state index contributed by atoms with van der Waals surface area (Å²) >= 11 is 0. The van der Waals surface area contributed by atoms with E-state index in [0.29, 0.717) is 0 Å². The third-order valence-electron chi connectivity index (χ3n) is 0.354. The summed E-state index contributed by atoms with van der Waals surface area (Å²) in [6.07, 6.45) is 3.78. The number of hydrogen-bond acceptors (Lipinski definition) is 0. The molecule has 0 aromatic rings. The summed E-state index contributed by atoms with van der Waals surface area (Å²) in [5, 5.41) is 0. The molecule has 0 aromatic carbocycles. The van der Waals surface area contributed by atoms with E-state index < -0.39 is 0 Å². The van der Waals surface area contributed by atoms with Gasteiger partial charge in [0.25, 0.3) is 0 Å².